The first kappa shape index (κ1) is 26.9. The van der Waals surface area contributed by atoms with Crippen LogP contribution in [0.15, 0.2) is 60.0 Å². The highest BCUT2D eigenvalue weighted by Gasteiger charge is 2.24. The quantitative estimate of drug-likeness (QED) is 0.391. The van der Waals surface area contributed by atoms with Gasteiger partial charge in [-0.15, -0.1) is 11.3 Å². The smallest absolute Gasteiger partial charge is 0.412 e. The number of nitrogens with zero attached hydrogens (tertiary/aromatic N) is 2. The van der Waals surface area contributed by atoms with Gasteiger partial charge in [-0.1, -0.05) is 24.3 Å². The molecule has 3 aromatic rings. The summed E-state index contributed by atoms with van der Waals surface area (Å²) in [6.45, 7) is 8.44. The molecule has 37 heavy (non-hydrogen) atoms. The maximum Gasteiger partial charge on any atom is 0.412 e. The molecule has 2 amide bonds. The van der Waals surface area contributed by atoms with E-state index in [4.69, 9.17) is 4.74 Å². The van der Waals surface area contributed by atoms with Crippen molar-refractivity contribution in [3.05, 3.63) is 71.1 Å². The van der Waals surface area contributed by atoms with Gasteiger partial charge < -0.3 is 15.0 Å². The molecule has 0 radical (unpaired) electrons. The lowest BCUT2D eigenvalue weighted by Gasteiger charge is -2.21. The van der Waals surface area contributed by atoms with Crippen molar-refractivity contribution in [2.24, 2.45) is 0 Å². The number of likely N-dealkylation sites (N-methyl/N-ethyl adjacent to an activating group) is 1. The first-order valence-corrected chi connectivity index (χ1v) is 13.4. The molecule has 1 aliphatic rings. The molecular formula is C29H36N4O3S. The molecule has 1 atom stereocenters. The predicted molar refractivity (Wildman–Crippen MR) is 151 cm³/mol. The Morgan fingerprint density at radius 2 is 1.81 bits per heavy atom. The molecule has 1 aromatic heterocycles. The first-order chi connectivity index (χ1) is 17.6. The molecule has 7 nitrogen and oxygen atoms in total. The Kier molecular flexibility index (Phi) is 8.32. The van der Waals surface area contributed by atoms with Gasteiger partial charge in [0.1, 0.15) is 5.60 Å². The van der Waals surface area contributed by atoms with Gasteiger partial charge in [-0.2, -0.15) is 0 Å². The van der Waals surface area contributed by atoms with Crippen molar-refractivity contribution in [2.45, 2.75) is 45.4 Å². The summed E-state index contributed by atoms with van der Waals surface area (Å²) in [6.07, 6.45) is 0.604. The Hall–Kier alpha value is -3.20. The SMILES string of the molecule is CN(C)[C@@H]1CCN(Cc2ccc(C(=O)Nc3cc(-c4cccs4)ccc3NC(=O)OC(C)(C)C)cc2)C1. The first-order valence-electron chi connectivity index (χ1n) is 12.5. The highest BCUT2D eigenvalue weighted by atomic mass is 32.1. The van der Waals surface area contributed by atoms with E-state index in [0.29, 0.717) is 23.0 Å². The van der Waals surface area contributed by atoms with Gasteiger partial charge in [0.05, 0.1) is 11.4 Å². The van der Waals surface area contributed by atoms with E-state index in [1.807, 2.05) is 74.7 Å². The fraction of sp³-hybridized carbons (Fsp3) is 0.379. The van der Waals surface area contributed by atoms with E-state index in [0.717, 1.165) is 30.1 Å². The molecule has 0 spiro atoms. The van der Waals surface area contributed by atoms with Crippen molar-refractivity contribution in [3.63, 3.8) is 0 Å². The third-order valence-electron chi connectivity index (χ3n) is 6.31. The Balaban J connectivity index is 1.48. The van der Waals surface area contributed by atoms with Crippen LogP contribution in [0.1, 0.15) is 43.1 Å². The summed E-state index contributed by atoms with van der Waals surface area (Å²) in [6, 6.07) is 17.9. The second kappa shape index (κ2) is 11.5. The summed E-state index contributed by atoms with van der Waals surface area (Å²) in [5, 5.41) is 7.77. The minimum absolute atomic E-state index is 0.240. The number of anilines is 2. The number of thiophene rings is 1. The van der Waals surface area contributed by atoms with Crippen LogP contribution < -0.4 is 10.6 Å². The summed E-state index contributed by atoms with van der Waals surface area (Å²) in [5.74, 6) is -0.240. The average Bonchev–Trinajstić information content (AvgIpc) is 3.52. The zero-order valence-electron chi connectivity index (χ0n) is 22.2. The molecule has 2 N–H and O–H groups in total. The molecule has 0 saturated carbocycles. The molecule has 0 aliphatic carbocycles. The second-order valence-corrected chi connectivity index (χ2v) is 11.6. The number of carbonyl (C=O) groups is 2. The average molecular weight is 521 g/mol. The van der Waals surface area contributed by atoms with Crippen LogP contribution in [0, 0.1) is 0 Å². The van der Waals surface area contributed by atoms with Gasteiger partial charge in [-0.05, 0) is 88.1 Å². The highest BCUT2D eigenvalue weighted by molar-refractivity contribution is 7.13. The lowest BCUT2D eigenvalue weighted by molar-refractivity contribution is 0.0635. The Bertz CT molecular complexity index is 1220. The summed E-state index contributed by atoms with van der Waals surface area (Å²) < 4.78 is 5.41. The lowest BCUT2D eigenvalue weighted by Crippen LogP contribution is -2.31. The van der Waals surface area contributed by atoms with E-state index in [1.165, 1.54) is 12.0 Å². The van der Waals surface area contributed by atoms with Crippen LogP contribution in [0.5, 0.6) is 0 Å². The van der Waals surface area contributed by atoms with Crippen molar-refractivity contribution < 1.29 is 14.3 Å². The minimum Gasteiger partial charge on any atom is -0.444 e. The molecule has 1 fully saturated rings. The van der Waals surface area contributed by atoms with Crippen LogP contribution in [0.3, 0.4) is 0 Å². The maximum absolute atomic E-state index is 13.2. The van der Waals surface area contributed by atoms with E-state index in [2.05, 4.69) is 34.5 Å². The molecule has 0 bridgehead atoms. The van der Waals surface area contributed by atoms with Crippen LogP contribution in [0.25, 0.3) is 10.4 Å². The third-order valence-corrected chi connectivity index (χ3v) is 7.23. The third kappa shape index (κ3) is 7.41. The van der Waals surface area contributed by atoms with Crippen LogP contribution in [-0.2, 0) is 11.3 Å². The van der Waals surface area contributed by atoms with Crippen LogP contribution in [-0.4, -0.2) is 60.6 Å². The normalized spacial score (nSPS) is 16.1. The number of likely N-dealkylation sites (tertiary alicyclic amines) is 1. The maximum atomic E-state index is 13.2. The van der Waals surface area contributed by atoms with E-state index < -0.39 is 11.7 Å². The summed E-state index contributed by atoms with van der Waals surface area (Å²) in [7, 11) is 4.26. The number of ether oxygens (including phenoxy) is 1. The molecule has 0 unspecified atom stereocenters. The van der Waals surface area contributed by atoms with Gasteiger partial charge in [-0.25, -0.2) is 4.79 Å². The van der Waals surface area contributed by atoms with Gasteiger partial charge in [0.2, 0.25) is 0 Å². The zero-order valence-corrected chi connectivity index (χ0v) is 23.0. The van der Waals surface area contributed by atoms with Crippen molar-refractivity contribution >= 4 is 34.7 Å². The van der Waals surface area contributed by atoms with Gasteiger partial charge in [0, 0.05) is 36.1 Å². The molecule has 1 aliphatic heterocycles. The van der Waals surface area contributed by atoms with Crippen LogP contribution in [0.2, 0.25) is 0 Å². The summed E-state index contributed by atoms with van der Waals surface area (Å²) in [5.41, 5.74) is 3.05. The van der Waals surface area contributed by atoms with Crippen molar-refractivity contribution in [1.82, 2.24) is 9.80 Å². The number of hydrogen-bond acceptors (Lipinski definition) is 6. The van der Waals surface area contributed by atoms with Gasteiger partial charge in [0.15, 0.2) is 0 Å². The topological polar surface area (TPSA) is 73.9 Å². The van der Waals surface area contributed by atoms with Crippen molar-refractivity contribution in [2.75, 3.05) is 37.8 Å². The monoisotopic (exact) mass is 520 g/mol. The fourth-order valence-corrected chi connectivity index (χ4v) is 5.08. The van der Waals surface area contributed by atoms with E-state index in [9.17, 15) is 9.59 Å². The molecule has 1 saturated heterocycles. The van der Waals surface area contributed by atoms with Crippen LogP contribution in [0.4, 0.5) is 16.2 Å². The van der Waals surface area contributed by atoms with E-state index >= 15 is 0 Å². The lowest BCUT2D eigenvalue weighted by atomic mass is 10.1. The number of hydrogen-bond donors (Lipinski definition) is 2. The van der Waals surface area contributed by atoms with Gasteiger partial charge in [-0.3, -0.25) is 15.0 Å². The van der Waals surface area contributed by atoms with E-state index in [-0.39, 0.29) is 5.91 Å². The second-order valence-electron chi connectivity index (χ2n) is 10.7. The molecule has 4 rings (SSSR count). The molecule has 2 heterocycles. The Labute approximate surface area is 223 Å². The standard InChI is InChI=1S/C29H36N4O3S/c1-29(2,3)36-28(35)31-24-13-12-22(26-7-6-16-37-26)17-25(24)30-27(34)21-10-8-20(9-11-21)18-33-15-14-23(19-33)32(4)5/h6-13,16-17,23H,14-15,18-19H2,1-5H3,(H,30,34)(H,31,35)/t23-/m1/s1. The summed E-state index contributed by atoms with van der Waals surface area (Å²) >= 11 is 1.61. The van der Waals surface area contributed by atoms with E-state index in [1.54, 1.807) is 17.4 Å². The number of amides is 2. The Morgan fingerprint density at radius 1 is 1.05 bits per heavy atom. The van der Waals surface area contributed by atoms with Crippen molar-refractivity contribution in [3.8, 4) is 10.4 Å². The van der Waals surface area contributed by atoms with Gasteiger partial charge in [0.25, 0.3) is 5.91 Å². The zero-order chi connectivity index (χ0) is 26.6. The van der Waals surface area contributed by atoms with Gasteiger partial charge >= 0.3 is 6.09 Å². The van der Waals surface area contributed by atoms with Crippen LogP contribution >= 0.6 is 11.3 Å². The van der Waals surface area contributed by atoms with Crippen molar-refractivity contribution in [1.29, 1.82) is 0 Å². The fourth-order valence-electron chi connectivity index (χ4n) is 4.36. The minimum atomic E-state index is -0.630. The molecule has 2 aromatic carbocycles. The predicted octanol–water partition coefficient (Wildman–Crippen LogP) is 6.15. The highest BCUT2D eigenvalue weighted by Crippen LogP contribution is 2.32. The summed E-state index contributed by atoms with van der Waals surface area (Å²) in [4.78, 5) is 31.4. The number of carbonyl (C=O) groups excluding carboxylic acids is 2. The molecular weight excluding hydrogens is 484 g/mol. The Morgan fingerprint density at radius 3 is 2.43 bits per heavy atom. The largest absolute Gasteiger partial charge is 0.444 e. The molecule has 8 heteroatoms. The number of nitrogens with one attached hydrogen (secondary N) is 2. The number of benzene rings is 2. The molecule has 196 valence electrons. The number of rotatable bonds is 7.